The van der Waals surface area contributed by atoms with Gasteiger partial charge < -0.3 is 15.2 Å². The predicted molar refractivity (Wildman–Crippen MR) is 82.4 cm³/mol. The quantitative estimate of drug-likeness (QED) is 0.873. The fourth-order valence-electron chi connectivity index (χ4n) is 2.55. The minimum atomic E-state index is 0.0918. The molecule has 0 aliphatic carbocycles. The second kappa shape index (κ2) is 6.79. The molecule has 0 saturated carbocycles. The highest BCUT2D eigenvalue weighted by molar-refractivity contribution is 6.30. The molecule has 1 aliphatic heterocycles. The van der Waals surface area contributed by atoms with Crippen LogP contribution in [0.1, 0.15) is 44.7 Å². The van der Waals surface area contributed by atoms with Gasteiger partial charge in [0.15, 0.2) is 0 Å². The van der Waals surface area contributed by atoms with Gasteiger partial charge in [-0.2, -0.15) is 0 Å². The number of aliphatic hydroxyl groups is 1. The van der Waals surface area contributed by atoms with Gasteiger partial charge in [-0.25, -0.2) is 0 Å². The molecule has 1 aliphatic rings. The van der Waals surface area contributed by atoms with Crippen molar-refractivity contribution in [2.24, 2.45) is 5.41 Å². The van der Waals surface area contributed by atoms with Crippen LogP contribution < -0.4 is 10.1 Å². The van der Waals surface area contributed by atoms with Crippen LogP contribution in [0.3, 0.4) is 0 Å². The Morgan fingerprint density at radius 1 is 1.45 bits per heavy atom. The number of rotatable bonds is 5. The number of ether oxygens (including phenoxy) is 1. The van der Waals surface area contributed by atoms with Gasteiger partial charge in [-0.05, 0) is 36.8 Å². The van der Waals surface area contributed by atoms with Gasteiger partial charge in [0, 0.05) is 29.8 Å². The van der Waals surface area contributed by atoms with Crippen LogP contribution in [0.25, 0.3) is 0 Å². The molecule has 20 heavy (non-hydrogen) atoms. The molecule has 0 radical (unpaired) electrons. The van der Waals surface area contributed by atoms with Crippen molar-refractivity contribution in [1.29, 1.82) is 0 Å². The van der Waals surface area contributed by atoms with Crippen LogP contribution in [-0.4, -0.2) is 24.9 Å². The second-order valence-electron chi connectivity index (χ2n) is 6.24. The third kappa shape index (κ3) is 4.11. The van der Waals surface area contributed by atoms with Crippen LogP contribution in [0.4, 0.5) is 0 Å². The molecule has 4 heteroatoms. The van der Waals surface area contributed by atoms with Crippen molar-refractivity contribution in [3.05, 3.63) is 28.8 Å². The summed E-state index contributed by atoms with van der Waals surface area (Å²) < 4.78 is 5.77. The van der Waals surface area contributed by atoms with Crippen molar-refractivity contribution in [2.45, 2.75) is 39.2 Å². The van der Waals surface area contributed by atoms with Crippen LogP contribution in [0.15, 0.2) is 18.2 Å². The highest BCUT2D eigenvalue weighted by Gasteiger charge is 2.23. The molecule has 1 atom stereocenters. The topological polar surface area (TPSA) is 41.5 Å². The SMILES string of the molecule is CC(C)(CCO)CNC1CCCOc2cc(Cl)ccc21. The molecule has 2 N–H and O–H groups in total. The summed E-state index contributed by atoms with van der Waals surface area (Å²) in [7, 11) is 0. The van der Waals surface area contributed by atoms with E-state index in [1.807, 2.05) is 12.1 Å². The number of nitrogens with one attached hydrogen (secondary N) is 1. The number of benzene rings is 1. The highest BCUT2D eigenvalue weighted by atomic mass is 35.5. The lowest BCUT2D eigenvalue weighted by Gasteiger charge is -2.28. The first kappa shape index (κ1) is 15.6. The average molecular weight is 298 g/mol. The minimum absolute atomic E-state index is 0.0918. The summed E-state index contributed by atoms with van der Waals surface area (Å²) in [6.07, 6.45) is 2.89. The molecule has 0 aromatic heterocycles. The van der Waals surface area contributed by atoms with Crippen LogP contribution in [0.5, 0.6) is 5.75 Å². The molecule has 0 fully saturated rings. The van der Waals surface area contributed by atoms with Gasteiger partial charge >= 0.3 is 0 Å². The molecule has 0 amide bonds. The lowest BCUT2D eigenvalue weighted by molar-refractivity contribution is 0.202. The van der Waals surface area contributed by atoms with Crippen LogP contribution in [-0.2, 0) is 0 Å². The predicted octanol–water partition coefficient (Wildman–Crippen LogP) is 3.55. The van der Waals surface area contributed by atoms with Gasteiger partial charge in [0.05, 0.1) is 6.61 Å². The Bertz CT molecular complexity index is 448. The van der Waals surface area contributed by atoms with E-state index in [2.05, 4.69) is 25.2 Å². The Kier molecular flexibility index (Phi) is 5.30. The average Bonchev–Trinajstić information content (AvgIpc) is 2.58. The van der Waals surface area contributed by atoms with Crippen molar-refractivity contribution >= 4 is 11.6 Å². The Balaban J connectivity index is 2.09. The number of hydrogen-bond donors (Lipinski definition) is 2. The van der Waals surface area contributed by atoms with E-state index in [1.54, 1.807) is 0 Å². The van der Waals surface area contributed by atoms with Gasteiger partial charge in [0.25, 0.3) is 0 Å². The maximum Gasteiger partial charge on any atom is 0.125 e. The molecule has 1 unspecified atom stereocenters. The number of fused-ring (bicyclic) bond motifs is 1. The maximum atomic E-state index is 9.11. The molecule has 1 aromatic rings. The fourth-order valence-corrected chi connectivity index (χ4v) is 2.71. The van der Waals surface area contributed by atoms with Gasteiger partial charge in [-0.15, -0.1) is 0 Å². The Labute approximate surface area is 126 Å². The highest BCUT2D eigenvalue weighted by Crippen LogP contribution is 2.34. The summed E-state index contributed by atoms with van der Waals surface area (Å²) in [4.78, 5) is 0. The lowest BCUT2D eigenvalue weighted by Crippen LogP contribution is -2.33. The Morgan fingerprint density at radius 3 is 3.00 bits per heavy atom. The first-order valence-electron chi connectivity index (χ1n) is 7.28. The van der Waals surface area contributed by atoms with Crippen molar-refractivity contribution in [1.82, 2.24) is 5.32 Å². The third-order valence-electron chi connectivity index (χ3n) is 3.86. The summed E-state index contributed by atoms with van der Waals surface area (Å²) in [5.41, 5.74) is 1.28. The van der Waals surface area contributed by atoms with Crippen molar-refractivity contribution in [3.63, 3.8) is 0 Å². The number of halogens is 1. The Morgan fingerprint density at radius 2 is 2.25 bits per heavy atom. The normalized spacial score (nSPS) is 19.1. The molecule has 0 spiro atoms. The van der Waals surface area contributed by atoms with Gasteiger partial charge in [-0.1, -0.05) is 31.5 Å². The number of hydrogen-bond acceptors (Lipinski definition) is 3. The van der Waals surface area contributed by atoms with E-state index < -0.39 is 0 Å². The first-order chi connectivity index (χ1) is 9.52. The minimum Gasteiger partial charge on any atom is -0.493 e. The molecule has 0 bridgehead atoms. The fraction of sp³-hybridized carbons (Fsp3) is 0.625. The summed E-state index contributed by atoms with van der Waals surface area (Å²) >= 11 is 6.04. The largest absolute Gasteiger partial charge is 0.493 e. The third-order valence-corrected chi connectivity index (χ3v) is 4.10. The maximum absolute atomic E-state index is 9.11. The van der Waals surface area contributed by atoms with Crippen molar-refractivity contribution in [2.75, 3.05) is 19.8 Å². The standard InChI is InChI=1S/C16H24ClNO2/c1-16(2,7-8-19)11-18-14-4-3-9-20-15-10-12(17)5-6-13(14)15/h5-6,10,14,18-19H,3-4,7-9,11H2,1-2H3. The Hall–Kier alpha value is -0.770. The summed E-state index contributed by atoms with van der Waals surface area (Å²) in [5.74, 6) is 0.896. The zero-order valence-electron chi connectivity index (χ0n) is 12.3. The van der Waals surface area contributed by atoms with E-state index >= 15 is 0 Å². The van der Waals surface area contributed by atoms with E-state index in [1.165, 1.54) is 5.56 Å². The summed E-state index contributed by atoms with van der Waals surface area (Å²) in [5, 5.41) is 13.5. The molecular formula is C16H24ClNO2. The van der Waals surface area contributed by atoms with Gasteiger partial charge in [0.1, 0.15) is 5.75 Å². The van der Waals surface area contributed by atoms with Crippen LogP contribution in [0.2, 0.25) is 5.02 Å². The van der Waals surface area contributed by atoms with Crippen molar-refractivity contribution < 1.29 is 9.84 Å². The molecule has 3 nitrogen and oxygen atoms in total. The van der Waals surface area contributed by atoms with Crippen molar-refractivity contribution in [3.8, 4) is 5.75 Å². The molecule has 112 valence electrons. The van der Waals surface area contributed by atoms with E-state index in [0.29, 0.717) is 11.1 Å². The molecular weight excluding hydrogens is 274 g/mol. The van der Waals surface area contributed by atoms with E-state index in [-0.39, 0.29) is 12.0 Å². The van der Waals surface area contributed by atoms with E-state index in [4.69, 9.17) is 21.4 Å². The zero-order valence-corrected chi connectivity index (χ0v) is 13.0. The monoisotopic (exact) mass is 297 g/mol. The van der Waals surface area contributed by atoms with E-state index in [9.17, 15) is 0 Å². The first-order valence-corrected chi connectivity index (χ1v) is 7.66. The molecule has 1 aromatic carbocycles. The van der Waals surface area contributed by atoms with Crippen LogP contribution >= 0.6 is 11.6 Å². The summed E-state index contributed by atoms with van der Waals surface area (Å²) in [6.45, 7) is 6.19. The molecule has 1 heterocycles. The van der Waals surface area contributed by atoms with Gasteiger partial charge in [0.2, 0.25) is 0 Å². The summed E-state index contributed by atoms with van der Waals surface area (Å²) in [6, 6.07) is 6.17. The molecule has 0 saturated heterocycles. The molecule has 2 rings (SSSR count). The smallest absolute Gasteiger partial charge is 0.125 e. The second-order valence-corrected chi connectivity index (χ2v) is 6.68. The van der Waals surface area contributed by atoms with E-state index in [0.717, 1.165) is 38.2 Å². The number of aliphatic hydroxyl groups excluding tert-OH is 1. The zero-order chi connectivity index (χ0) is 14.6. The van der Waals surface area contributed by atoms with Crippen LogP contribution in [0, 0.1) is 5.41 Å². The van der Waals surface area contributed by atoms with Gasteiger partial charge in [-0.3, -0.25) is 0 Å². The lowest BCUT2D eigenvalue weighted by atomic mass is 9.89.